The van der Waals surface area contributed by atoms with Gasteiger partial charge in [-0.05, 0) is 42.7 Å². The molecular weight excluding hydrogens is 310 g/mol. The van der Waals surface area contributed by atoms with Crippen LogP contribution in [0.2, 0.25) is 0 Å². The van der Waals surface area contributed by atoms with Crippen molar-refractivity contribution in [1.82, 2.24) is 10.6 Å². The summed E-state index contributed by atoms with van der Waals surface area (Å²) >= 11 is 0. The van der Waals surface area contributed by atoms with Crippen molar-refractivity contribution in [3.05, 3.63) is 65.7 Å². The number of anilines is 1. The summed E-state index contributed by atoms with van der Waals surface area (Å²) in [4.78, 5) is 13.7. The average Bonchev–Trinajstić information content (AvgIpc) is 2.63. The van der Waals surface area contributed by atoms with Crippen LogP contribution in [-0.4, -0.2) is 33.2 Å². The van der Waals surface area contributed by atoms with Gasteiger partial charge in [0.1, 0.15) is 0 Å². The topological polar surface area (TPSA) is 44.4 Å². The minimum atomic E-state index is -0.176. The van der Waals surface area contributed by atoms with Gasteiger partial charge in [0.2, 0.25) is 0 Å². The van der Waals surface area contributed by atoms with Gasteiger partial charge < -0.3 is 15.5 Å². The fourth-order valence-corrected chi connectivity index (χ4v) is 2.32. The molecule has 0 spiro atoms. The Kier molecular flexibility index (Phi) is 7.40. The minimum absolute atomic E-state index is 0.176. The monoisotopic (exact) mass is 335 g/mol. The highest BCUT2D eigenvalue weighted by Crippen LogP contribution is 2.11. The second-order valence-electron chi connectivity index (χ2n) is 5.94. The van der Waals surface area contributed by atoms with Gasteiger partial charge in [-0.2, -0.15) is 0 Å². The zero-order chi connectivity index (χ0) is 17.9. The van der Waals surface area contributed by atoms with Crippen LogP contribution in [-0.2, 0) is 6.42 Å². The van der Waals surface area contributed by atoms with E-state index >= 15 is 0 Å². The third-order valence-corrected chi connectivity index (χ3v) is 3.72. The van der Waals surface area contributed by atoms with Crippen LogP contribution < -0.4 is 15.5 Å². The lowest BCUT2D eigenvalue weighted by atomic mass is 10.1. The summed E-state index contributed by atoms with van der Waals surface area (Å²) in [7, 11) is 4.01. The fourth-order valence-electron chi connectivity index (χ4n) is 2.32. The first kappa shape index (κ1) is 18.4. The van der Waals surface area contributed by atoms with E-state index in [-0.39, 0.29) is 6.03 Å². The molecule has 0 radical (unpaired) electrons. The Labute approximate surface area is 150 Å². The number of nitrogens with one attached hydrogen (secondary N) is 2. The van der Waals surface area contributed by atoms with Gasteiger partial charge in [-0.3, -0.25) is 0 Å². The van der Waals surface area contributed by atoms with Gasteiger partial charge in [-0.1, -0.05) is 42.2 Å². The molecule has 0 atom stereocenters. The first-order valence-corrected chi connectivity index (χ1v) is 8.47. The van der Waals surface area contributed by atoms with Crippen LogP contribution in [0.4, 0.5) is 10.5 Å². The summed E-state index contributed by atoms with van der Waals surface area (Å²) in [6.45, 7) is 0.986. The SMILES string of the molecule is CN(C)c1ccc(C#CCNC(=O)NCCCc2ccccc2)cc1. The summed E-state index contributed by atoms with van der Waals surface area (Å²) in [5, 5.41) is 5.60. The predicted octanol–water partition coefficient (Wildman–Crippen LogP) is 3.04. The molecule has 0 heterocycles. The second kappa shape index (κ2) is 10.0. The molecule has 2 amide bonds. The van der Waals surface area contributed by atoms with E-state index in [0.717, 1.165) is 24.1 Å². The highest BCUT2D eigenvalue weighted by molar-refractivity contribution is 5.74. The van der Waals surface area contributed by atoms with E-state index in [9.17, 15) is 4.79 Å². The number of nitrogens with zero attached hydrogens (tertiary/aromatic N) is 1. The molecule has 2 aromatic carbocycles. The third-order valence-electron chi connectivity index (χ3n) is 3.72. The van der Waals surface area contributed by atoms with Crippen molar-refractivity contribution in [2.24, 2.45) is 0 Å². The van der Waals surface area contributed by atoms with Gasteiger partial charge in [0.25, 0.3) is 0 Å². The van der Waals surface area contributed by atoms with Gasteiger partial charge in [-0.25, -0.2) is 4.79 Å². The number of amides is 2. The summed E-state index contributed by atoms with van der Waals surface area (Å²) in [6.07, 6.45) is 1.88. The molecule has 0 aromatic heterocycles. The Morgan fingerprint density at radius 1 is 1.00 bits per heavy atom. The zero-order valence-corrected chi connectivity index (χ0v) is 14.9. The highest BCUT2D eigenvalue weighted by Gasteiger charge is 1.98. The van der Waals surface area contributed by atoms with Crippen molar-refractivity contribution >= 4 is 11.7 Å². The summed E-state index contributed by atoms with van der Waals surface area (Å²) < 4.78 is 0. The zero-order valence-electron chi connectivity index (χ0n) is 14.9. The van der Waals surface area contributed by atoms with Crippen molar-refractivity contribution < 1.29 is 4.79 Å². The normalized spacial score (nSPS) is 9.68. The minimum Gasteiger partial charge on any atom is -0.378 e. The number of aryl methyl sites for hydroxylation is 1. The largest absolute Gasteiger partial charge is 0.378 e. The number of hydrogen-bond donors (Lipinski definition) is 2. The summed E-state index contributed by atoms with van der Waals surface area (Å²) in [6, 6.07) is 18.1. The Morgan fingerprint density at radius 2 is 1.72 bits per heavy atom. The lowest BCUT2D eigenvalue weighted by molar-refractivity contribution is 0.242. The first-order valence-electron chi connectivity index (χ1n) is 8.47. The molecule has 2 aromatic rings. The Hall–Kier alpha value is -2.93. The fraction of sp³-hybridized carbons (Fsp3) is 0.286. The van der Waals surface area contributed by atoms with E-state index in [2.05, 4.69) is 34.6 Å². The maximum Gasteiger partial charge on any atom is 0.315 e. The maximum atomic E-state index is 11.7. The Balaban J connectivity index is 1.62. The van der Waals surface area contributed by atoms with E-state index in [1.54, 1.807) is 0 Å². The number of benzene rings is 2. The van der Waals surface area contributed by atoms with Gasteiger partial charge in [-0.15, -0.1) is 0 Å². The average molecular weight is 335 g/mol. The van der Waals surface area contributed by atoms with Gasteiger partial charge in [0.15, 0.2) is 0 Å². The third kappa shape index (κ3) is 7.01. The van der Waals surface area contributed by atoms with Crippen LogP contribution in [0.3, 0.4) is 0 Å². The number of urea groups is 1. The molecule has 0 unspecified atom stereocenters. The molecule has 0 bridgehead atoms. The van der Waals surface area contributed by atoms with Crippen LogP contribution >= 0.6 is 0 Å². The smallest absolute Gasteiger partial charge is 0.315 e. The lowest BCUT2D eigenvalue weighted by Gasteiger charge is -2.11. The van der Waals surface area contributed by atoms with Crippen LogP contribution in [0.1, 0.15) is 17.5 Å². The summed E-state index contributed by atoms with van der Waals surface area (Å²) in [5.74, 6) is 6.01. The van der Waals surface area contributed by atoms with Crippen LogP contribution in [0.25, 0.3) is 0 Å². The quantitative estimate of drug-likeness (QED) is 0.629. The maximum absolute atomic E-state index is 11.7. The predicted molar refractivity (Wildman–Crippen MR) is 104 cm³/mol. The molecule has 2 N–H and O–H groups in total. The van der Waals surface area contributed by atoms with Crippen LogP contribution in [0, 0.1) is 11.8 Å². The van der Waals surface area contributed by atoms with Gasteiger partial charge >= 0.3 is 6.03 Å². The molecule has 0 aliphatic carbocycles. The molecule has 130 valence electrons. The summed E-state index contributed by atoms with van der Waals surface area (Å²) in [5.41, 5.74) is 3.37. The van der Waals surface area contributed by atoms with E-state index in [1.807, 2.05) is 61.5 Å². The van der Waals surface area contributed by atoms with Gasteiger partial charge in [0.05, 0.1) is 6.54 Å². The molecule has 2 rings (SSSR count). The van der Waals surface area contributed by atoms with E-state index in [0.29, 0.717) is 13.1 Å². The number of rotatable bonds is 6. The number of carbonyl (C=O) groups excluding carboxylic acids is 1. The second-order valence-corrected chi connectivity index (χ2v) is 5.94. The molecule has 4 heteroatoms. The molecule has 0 fully saturated rings. The Morgan fingerprint density at radius 3 is 2.40 bits per heavy atom. The molecule has 0 saturated heterocycles. The van der Waals surface area contributed by atoms with E-state index in [1.165, 1.54) is 5.56 Å². The molecule has 0 aliphatic heterocycles. The molecule has 0 saturated carbocycles. The Bertz CT molecular complexity index is 712. The number of hydrogen-bond acceptors (Lipinski definition) is 2. The van der Waals surface area contributed by atoms with Crippen molar-refractivity contribution in [1.29, 1.82) is 0 Å². The standard InChI is InChI=1S/C21H25N3O/c1-24(2)20-14-12-19(13-15-20)11-7-17-23-21(25)22-16-6-10-18-8-4-3-5-9-18/h3-5,8-9,12-15H,6,10,16-17H2,1-2H3,(H2,22,23,25). The van der Waals surface area contributed by atoms with Crippen molar-refractivity contribution in [2.75, 3.05) is 32.1 Å². The van der Waals surface area contributed by atoms with Crippen LogP contribution in [0.5, 0.6) is 0 Å². The molecular formula is C21H25N3O. The van der Waals surface area contributed by atoms with Crippen molar-refractivity contribution in [3.8, 4) is 11.8 Å². The molecule has 0 aliphatic rings. The molecule has 4 nitrogen and oxygen atoms in total. The van der Waals surface area contributed by atoms with Crippen molar-refractivity contribution in [2.45, 2.75) is 12.8 Å². The number of carbonyl (C=O) groups is 1. The van der Waals surface area contributed by atoms with E-state index in [4.69, 9.17) is 0 Å². The van der Waals surface area contributed by atoms with E-state index < -0.39 is 0 Å². The highest BCUT2D eigenvalue weighted by atomic mass is 16.2. The lowest BCUT2D eigenvalue weighted by Crippen LogP contribution is -2.36. The first-order chi connectivity index (χ1) is 12.1. The molecule has 25 heavy (non-hydrogen) atoms. The van der Waals surface area contributed by atoms with Crippen molar-refractivity contribution in [3.63, 3.8) is 0 Å². The van der Waals surface area contributed by atoms with Crippen LogP contribution in [0.15, 0.2) is 54.6 Å². The van der Waals surface area contributed by atoms with Gasteiger partial charge in [0, 0.05) is 31.9 Å².